The van der Waals surface area contributed by atoms with Crippen LogP contribution in [0.3, 0.4) is 0 Å². The van der Waals surface area contributed by atoms with Crippen molar-refractivity contribution >= 4 is 42.2 Å². The van der Waals surface area contributed by atoms with E-state index in [0.29, 0.717) is 18.5 Å². The predicted octanol–water partition coefficient (Wildman–Crippen LogP) is -2.48. The monoisotopic (exact) mass is 483 g/mol. The molecule has 0 spiro atoms. The van der Waals surface area contributed by atoms with Crippen LogP contribution in [0.4, 0.5) is 0 Å². The fourth-order valence-electron chi connectivity index (χ4n) is 3.48. The van der Waals surface area contributed by atoms with E-state index in [1.807, 2.05) is 0 Å². The molecule has 13 nitrogen and oxygen atoms in total. The van der Waals surface area contributed by atoms with Crippen molar-refractivity contribution in [3.8, 4) is 0 Å². The molecule has 1 aromatic heterocycles. The fraction of sp³-hybridized carbons (Fsp3) is 0.579. The van der Waals surface area contributed by atoms with Gasteiger partial charge < -0.3 is 37.1 Å². The first-order valence-electron chi connectivity index (χ1n) is 10.4. The molecule has 33 heavy (non-hydrogen) atoms. The number of aliphatic carboxylic acids is 1. The highest BCUT2D eigenvalue weighted by atomic mass is 32.1. The van der Waals surface area contributed by atoms with Crippen LogP contribution in [-0.2, 0) is 30.4 Å². The first-order valence-corrected chi connectivity index (χ1v) is 11.0. The fourth-order valence-corrected chi connectivity index (χ4v) is 3.73. The van der Waals surface area contributed by atoms with Crippen LogP contribution in [0, 0.1) is 0 Å². The van der Waals surface area contributed by atoms with E-state index < -0.39 is 53.8 Å². The second kappa shape index (κ2) is 12.2. The van der Waals surface area contributed by atoms with Crippen molar-refractivity contribution in [3.05, 3.63) is 18.2 Å². The minimum absolute atomic E-state index is 0.0151. The van der Waals surface area contributed by atoms with Crippen LogP contribution in [0.1, 0.15) is 31.4 Å². The topological polar surface area (TPSA) is 214 Å². The Bertz CT molecular complexity index is 865. The lowest BCUT2D eigenvalue weighted by Crippen LogP contribution is -2.57. The van der Waals surface area contributed by atoms with Gasteiger partial charge in [-0.25, -0.2) is 9.78 Å². The molecule has 1 fully saturated rings. The number of aromatic nitrogens is 2. The van der Waals surface area contributed by atoms with E-state index in [4.69, 9.17) is 16.6 Å². The Hall–Kier alpha value is -3.13. The molecule has 1 aliphatic rings. The number of nitrogens with zero attached hydrogens (tertiary/aromatic N) is 2. The molecule has 0 radical (unpaired) electrons. The number of amides is 4. The Morgan fingerprint density at radius 1 is 1.27 bits per heavy atom. The number of nitrogens with two attached hydrogens (primary N) is 2. The van der Waals surface area contributed by atoms with Crippen LogP contribution in [-0.4, -0.2) is 86.0 Å². The molecule has 4 atom stereocenters. The van der Waals surface area contributed by atoms with Crippen molar-refractivity contribution < 1.29 is 29.1 Å². The average molecular weight is 484 g/mol. The molecule has 0 saturated carbocycles. The highest BCUT2D eigenvalue weighted by molar-refractivity contribution is 7.80. The third-order valence-corrected chi connectivity index (χ3v) is 5.63. The van der Waals surface area contributed by atoms with Gasteiger partial charge in [0.2, 0.25) is 23.6 Å². The number of thiol groups is 1. The second-order valence-electron chi connectivity index (χ2n) is 7.73. The molecule has 4 amide bonds. The van der Waals surface area contributed by atoms with Crippen molar-refractivity contribution in [1.29, 1.82) is 0 Å². The molecule has 182 valence electrons. The number of aromatic amines is 1. The number of imidazole rings is 1. The number of hydrogen-bond donors (Lipinski definition) is 7. The SMILES string of the molecule is NC(=O)CCC(N)C(=O)NC(Cc1cnc[nH]1)C(=O)N1CCCC1C(=O)NC(CS)C(=O)O. The quantitative estimate of drug-likeness (QED) is 0.158. The molecule has 0 aliphatic carbocycles. The van der Waals surface area contributed by atoms with E-state index >= 15 is 0 Å². The summed E-state index contributed by atoms with van der Waals surface area (Å²) in [7, 11) is 0. The smallest absolute Gasteiger partial charge is 0.327 e. The zero-order chi connectivity index (χ0) is 24.5. The number of carboxylic acids is 1. The van der Waals surface area contributed by atoms with Gasteiger partial charge in [-0.05, 0) is 19.3 Å². The summed E-state index contributed by atoms with van der Waals surface area (Å²) in [5.41, 5.74) is 11.5. The number of nitrogens with one attached hydrogen (secondary N) is 3. The van der Waals surface area contributed by atoms with Gasteiger partial charge in [0.1, 0.15) is 18.1 Å². The lowest BCUT2D eigenvalue weighted by Gasteiger charge is -2.29. The number of carbonyl (C=O) groups is 5. The number of rotatable bonds is 12. The Labute approximate surface area is 195 Å². The Morgan fingerprint density at radius 3 is 2.58 bits per heavy atom. The number of carbonyl (C=O) groups excluding carboxylic acids is 4. The maximum Gasteiger partial charge on any atom is 0.327 e. The van der Waals surface area contributed by atoms with Gasteiger partial charge in [0, 0.05) is 37.0 Å². The van der Waals surface area contributed by atoms with Gasteiger partial charge in [-0.3, -0.25) is 19.2 Å². The summed E-state index contributed by atoms with van der Waals surface area (Å²) < 4.78 is 0. The van der Waals surface area contributed by atoms with Crippen LogP contribution in [0.2, 0.25) is 0 Å². The standard InChI is InChI=1S/C19H29N7O6S/c20-11(3-4-15(21)27)16(28)24-12(6-10-7-22-9-23-10)18(30)26-5-1-2-14(26)17(29)25-13(8-33)19(31)32/h7,9,11-14,33H,1-6,8,20H2,(H2,21,27)(H,22,23)(H,24,28)(H,25,29)(H,31,32). The molecule has 2 rings (SSSR count). The van der Waals surface area contributed by atoms with Gasteiger partial charge in [0.05, 0.1) is 12.4 Å². The van der Waals surface area contributed by atoms with E-state index in [1.165, 1.54) is 17.4 Å². The summed E-state index contributed by atoms with van der Waals surface area (Å²) in [6.45, 7) is 0.263. The van der Waals surface area contributed by atoms with Crippen LogP contribution in [0.5, 0.6) is 0 Å². The van der Waals surface area contributed by atoms with Crippen LogP contribution < -0.4 is 22.1 Å². The Morgan fingerprint density at radius 2 is 2.00 bits per heavy atom. The normalized spacial score (nSPS) is 18.2. The first-order chi connectivity index (χ1) is 15.6. The number of H-pyrrole nitrogens is 1. The van der Waals surface area contributed by atoms with E-state index in [1.54, 1.807) is 0 Å². The lowest BCUT2D eigenvalue weighted by atomic mass is 10.1. The van der Waals surface area contributed by atoms with Crippen molar-refractivity contribution in [1.82, 2.24) is 25.5 Å². The summed E-state index contributed by atoms with van der Waals surface area (Å²) >= 11 is 3.93. The van der Waals surface area contributed by atoms with Crippen LogP contribution in [0.25, 0.3) is 0 Å². The summed E-state index contributed by atoms with van der Waals surface area (Å²) in [4.78, 5) is 68.9. The molecule has 1 aliphatic heterocycles. The molecule has 4 unspecified atom stereocenters. The second-order valence-corrected chi connectivity index (χ2v) is 8.09. The molecule has 1 aromatic rings. The third-order valence-electron chi connectivity index (χ3n) is 5.27. The predicted molar refractivity (Wildman–Crippen MR) is 119 cm³/mol. The van der Waals surface area contributed by atoms with E-state index in [-0.39, 0.29) is 31.6 Å². The maximum absolute atomic E-state index is 13.4. The van der Waals surface area contributed by atoms with Crippen molar-refractivity contribution in [2.24, 2.45) is 11.5 Å². The van der Waals surface area contributed by atoms with Gasteiger partial charge in [0.15, 0.2) is 0 Å². The van der Waals surface area contributed by atoms with Crippen LogP contribution in [0.15, 0.2) is 12.5 Å². The largest absolute Gasteiger partial charge is 0.480 e. The molecule has 1 saturated heterocycles. The molecule has 14 heteroatoms. The van der Waals surface area contributed by atoms with E-state index in [0.717, 1.165) is 0 Å². The molecular formula is C19H29N7O6S. The minimum Gasteiger partial charge on any atom is -0.480 e. The number of carboxylic acid groups (broad SMARTS) is 1. The molecule has 0 aromatic carbocycles. The highest BCUT2D eigenvalue weighted by Crippen LogP contribution is 2.20. The Balaban J connectivity index is 2.15. The summed E-state index contributed by atoms with van der Waals surface area (Å²) in [6.07, 6.45) is 3.79. The number of hydrogen-bond acceptors (Lipinski definition) is 8. The number of likely N-dealkylation sites (tertiary alicyclic amines) is 1. The van der Waals surface area contributed by atoms with Gasteiger partial charge in [0.25, 0.3) is 0 Å². The van der Waals surface area contributed by atoms with Gasteiger partial charge in [-0.15, -0.1) is 0 Å². The molecule has 0 bridgehead atoms. The van der Waals surface area contributed by atoms with E-state index in [9.17, 15) is 24.0 Å². The third kappa shape index (κ3) is 7.46. The summed E-state index contributed by atoms with van der Waals surface area (Å²) in [5.74, 6) is -3.71. The average Bonchev–Trinajstić information content (AvgIpc) is 3.46. The highest BCUT2D eigenvalue weighted by Gasteiger charge is 2.39. The Kier molecular flexibility index (Phi) is 9.66. The lowest BCUT2D eigenvalue weighted by molar-refractivity contribution is -0.144. The van der Waals surface area contributed by atoms with E-state index in [2.05, 4.69) is 33.2 Å². The van der Waals surface area contributed by atoms with Crippen molar-refractivity contribution in [2.45, 2.75) is 56.3 Å². The molecule has 2 heterocycles. The van der Waals surface area contributed by atoms with Crippen molar-refractivity contribution in [3.63, 3.8) is 0 Å². The van der Waals surface area contributed by atoms with Crippen LogP contribution >= 0.6 is 12.6 Å². The first kappa shape index (κ1) is 26.1. The van der Waals surface area contributed by atoms with Crippen molar-refractivity contribution in [2.75, 3.05) is 12.3 Å². The van der Waals surface area contributed by atoms with Gasteiger partial charge in [-0.2, -0.15) is 12.6 Å². The number of primary amides is 1. The maximum atomic E-state index is 13.4. The summed E-state index contributed by atoms with van der Waals surface area (Å²) in [5, 5.41) is 14.1. The zero-order valence-electron chi connectivity index (χ0n) is 17.9. The zero-order valence-corrected chi connectivity index (χ0v) is 18.8. The molecular weight excluding hydrogens is 454 g/mol. The molecule has 8 N–H and O–H groups in total. The summed E-state index contributed by atoms with van der Waals surface area (Å²) in [6, 6.07) is -4.20. The minimum atomic E-state index is -1.23. The van der Waals surface area contributed by atoms with Gasteiger partial charge in [-0.1, -0.05) is 0 Å². The van der Waals surface area contributed by atoms with Gasteiger partial charge >= 0.3 is 5.97 Å².